The molecule has 186 valence electrons. The molecule has 0 N–H and O–H groups in total. The predicted molar refractivity (Wildman–Crippen MR) is 136 cm³/mol. The minimum atomic E-state index is -0.630. The van der Waals surface area contributed by atoms with Gasteiger partial charge in [-0.3, -0.25) is 4.79 Å². The van der Waals surface area contributed by atoms with E-state index in [1.165, 1.54) is 6.33 Å². The maximum absolute atomic E-state index is 13.1. The van der Waals surface area contributed by atoms with Crippen molar-refractivity contribution in [2.24, 2.45) is 0 Å². The van der Waals surface area contributed by atoms with Crippen LogP contribution in [-0.2, 0) is 0 Å². The first-order chi connectivity index (χ1) is 18.1. The van der Waals surface area contributed by atoms with Crippen LogP contribution in [-0.4, -0.2) is 68.6 Å². The van der Waals surface area contributed by atoms with E-state index in [2.05, 4.69) is 20.3 Å². The van der Waals surface area contributed by atoms with Crippen LogP contribution in [0, 0.1) is 0 Å². The molecule has 6 rings (SSSR count). The molecular weight excluding hydrogens is 474 g/mol. The van der Waals surface area contributed by atoms with Crippen LogP contribution in [0.25, 0.3) is 27.8 Å². The Morgan fingerprint density at radius 2 is 1.81 bits per heavy atom. The summed E-state index contributed by atoms with van der Waals surface area (Å²) in [5, 5.41) is 9.36. The van der Waals surface area contributed by atoms with E-state index in [1.807, 2.05) is 48.2 Å². The molecule has 1 amide bonds. The number of ether oxygens (including phenoxy) is 1. The second-order valence-electron chi connectivity index (χ2n) is 8.56. The van der Waals surface area contributed by atoms with Crippen molar-refractivity contribution >= 4 is 33.9 Å². The quantitative estimate of drug-likeness (QED) is 0.338. The maximum atomic E-state index is 13.1. The highest BCUT2D eigenvalue weighted by molar-refractivity contribution is 5.97. The van der Waals surface area contributed by atoms with Crippen molar-refractivity contribution < 1.29 is 13.9 Å². The number of rotatable bonds is 5. The van der Waals surface area contributed by atoms with Crippen LogP contribution in [0.3, 0.4) is 0 Å². The van der Waals surface area contributed by atoms with Gasteiger partial charge in [0.15, 0.2) is 17.0 Å². The molecule has 5 aromatic rings. The number of carbonyl (C=O) groups is 1. The second-order valence-corrected chi connectivity index (χ2v) is 8.56. The van der Waals surface area contributed by atoms with Crippen LogP contribution in [0.2, 0.25) is 0 Å². The van der Waals surface area contributed by atoms with Gasteiger partial charge in [-0.15, -0.1) is 5.10 Å². The lowest BCUT2D eigenvalue weighted by molar-refractivity contribution is 0.0742. The summed E-state index contributed by atoms with van der Waals surface area (Å²) in [5.41, 5.74) is 1.83. The largest absolute Gasteiger partial charge is 0.494 e. The molecule has 0 saturated carbocycles. The molecule has 4 heterocycles. The van der Waals surface area contributed by atoms with Crippen LogP contribution in [0.4, 0.5) is 5.82 Å². The topological polar surface area (TPSA) is 119 Å². The minimum Gasteiger partial charge on any atom is -0.494 e. The van der Waals surface area contributed by atoms with E-state index in [9.17, 15) is 9.59 Å². The summed E-state index contributed by atoms with van der Waals surface area (Å²) in [6.45, 7) is 4.41. The van der Waals surface area contributed by atoms with Gasteiger partial charge in [-0.2, -0.15) is 4.68 Å². The Balaban J connectivity index is 1.21. The molecule has 37 heavy (non-hydrogen) atoms. The number of hydrogen-bond acceptors (Lipinski definition) is 9. The minimum absolute atomic E-state index is 0.0369. The average molecular weight is 498 g/mol. The zero-order valence-corrected chi connectivity index (χ0v) is 20.1. The van der Waals surface area contributed by atoms with Crippen molar-refractivity contribution in [3.05, 3.63) is 76.9 Å². The SMILES string of the molecule is CCOc1ccc(-n2nnc3c(N4CCN(C(=O)c5cc6ccccc6oc5=O)CC4)ncnc32)cc1. The zero-order valence-electron chi connectivity index (χ0n) is 20.1. The van der Waals surface area contributed by atoms with Crippen LogP contribution < -0.4 is 15.3 Å². The fraction of sp³-hybridized carbons (Fsp3) is 0.231. The zero-order chi connectivity index (χ0) is 25.4. The summed E-state index contributed by atoms with van der Waals surface area (Å²) in [5.74, 6) is 1.09. The first-order valence-electron chi connectivity index (χ1n) is 12.0. The Hall–Kier alpha value is -4.80. The Morgan fingerprint density at radius 1 is 1.03 bits per heavy atom. The molecular formula is C26H23N7O4. The van der Waals surface area contributed by atoms with Gasteiger partial charge in [0.25, 0.3) is 5.91 Å². The smallest absolute Gasteiger partial charge is 0.349 e. The van der Waals surface area contributed by atoms with E-state index in [4.69, 9.17) is 9.15 Å². The van der Waals surface area contributed by atoms with Crippen LogP contribution in [0.1, 0.15) is 17.3 Å². The fourth-order valence-corrected chi connectivity index (χ4v) is 4.50. The lowest BCUT2D eigenvalue weighted by Gasteiger charge is -2.35. The lowest BCUT2D eigenvalue weighted by Crippen LogP contribution is -2.49. The number of para-hydroxylation sites is 1. The number of benzene rings is 2. The molecule has 0 atom stereocenters. The number of fused-ring (bicyclic) bond motifs is 2. The van der Waals surface area contributed by atoms with E-state index in [1.54, 1.807) is 27.8 Å². The molecule has 11 nitrogen and oxygen atoms in total. The Bertz CT molecular complexity index is 1650. The first kappa shape index (κ1) is 22.7. The van der Waals surface area contributed by atoms with E-state index in [-0.39, 0.29) is 11.5 Å². The molecule has 3 aromatic heterocycles. The van der Waals surface area contributed by atoms with Gasteiger partial charge in [0.05, 0.1) is 12.3 Å². The Labute approximate surface area is 210 Å². The van der Waals surface area contributed by atoms with E-state index in [0.29, 0.717) is 60.7 Å². The monoisotopic (exact) mass is 497 g/mol. The molecule has 0 aliphatic carbocycles. The number of aromatic nitrogens is 5. The molecule has 1 aliphatic heterocycles. The van der Waals surface area contributed by atoms with Crippen molar-refractivity contribution in [3.8, 4) is 11.4 Å². The van der Waals surface area contributed by atoms with Gasteiger partial charge >= 0.3 is 5.63 Å². The van der Waals surface area contributed by atoms with Gasteiger partial charge in [-0.25, -0.2) is 14.8 Å². The third-order valence-electron chi connectivity index (χ3n) is 6.35. The van der Waals surface area contributed by atoms with Gasteiger partial charge in [-0.05, 0) is 43.3 Å². The highest BCUT2D eigenvalue weighted by Gasteiger charge is 2.27. The van der Waals surface area contributed by atoms with Crippen molar-refractivity contribution in [2.75, 3.05) is 37.7 Å². The Morgan fingerprint density at radius 3 is 2.59 bits per heavy atom. The summed E-state index contributed by atoms with van der Waals surface area (Å²) in [6.07, 6.45) is 1.49. The molecule has 0 unspecified atom stereocenters. The van der Waals surface area contributed by atoms with Crippen LogP contribution in [0.15, 0.2) is 70.1 Å². The molecule has 2 aromatic carbocycles. The van der Waals surface area contributed by atoms with Gasteiger partial charge in [0.2, 0.25) is 0 Å². The van der Waals surface area contributed by atoms with Crippen molar-refractivity contribution in [3.63, 3.8) is 0 Å². The highest BCUT2D eigenvalue weighted by Crippen LogP contribution is 2.25. The molecule has 1 aliphatic rings. The third kappa shape index (κ3) is 4.14. The number of piperazine rings is 1. The molecule has 1 saturated heterocycles. The first-order valence-corrected chi connectivity index (χ1v) is 12.0. The maximum Gasteiger partial charge on any atom is 0.349 e. The lowest BCUT2D eigenvalue weighted by atomic mass is 10.1. The second kappa shape index (κ2) is 9.34. The molecule has 11 heteroatoms. The van der Waals surface area contributed by atoms with Gasteiger partial charge in [-0.1, -0.05) is 23.4 Å². The van der Waals surface area contributed by atoms with Gasteiger partial charge in [0, 0.05) is 31.6 Å². The van der Waals surface area contributed by atoms with Gasteiger partial charge < -0.3 is 19.0 Å². The number of carbonyl (C=O) groups excluding carboxylic acids is 1. The van der Waals surface area contributed by atoms with E-state index >= 15 is 0 Å². The van der Waals surface area contributed by atoms with E-state index < -0.39 is 5.63 Å². The van der Waals surface area contributed by atoms with Crippen molar-refractivity contribution in [2.45, 2.75) is 6.92 Å². The van der Waals surface area contributed by atoms with Crippen molar-refractivity contribution in [1.82, 2.24) is 29.9 Å². The summed E-state index contributed by atoms with van der Waals surface area (Å²) >= 11 is 0. The highest BCUT2D eigenvalue weighted by atomic mass is 16.5. The number of nitrogens with zero attached hydrogens (tertiary/aromatic N) is 7. The van der Waals surface area contributed by atoms with Crippen LogP contribution in [0.5, 0.6) is 5.75 Å². The normalized spacial score (nSPS) is 13.9. The van der Waals surface area contributed by atoms with Crippen LogP contribution >= 0.6 is 0 Å². The molecule has 1 fully saturated rings. The Kier molecular flexibility index (Phi) is 5.72. The van der Waals surface area contributed by atoms with Crippen molar-refractivity contribution in [1.29, 1.82) is 0 Å². The van der Waals surface area contributed by atoms with E-state index in [0.717, 1.165) is 11.4 Å². The standard InChI is InChI=1S/C26H23N7O4/c1-2-36-19-9-7-18(8-10-19)33-24-22(29-30-33)23(27-16-28-24)31-11-13-32(14-12-31)25(34)20-15-17-5-3-4-6-21(17)37-26(20)35/h3-10,15-16H,2,11-14H2,1H3. The third-order valence-corrected chi connectivity index (χ3v) is 6.35. The number of amides is 1. The molecule has 0 spiro atoms. The van der Waals surface area contributed by atoms with Gasteiger partial charge in [0.1, 0.15) is 23.2 Å². The predicted octanol–water partition coefficient (Wildman–Crippen LogP) is 2.68. The number of hydrogen-bond donors (Lipinski definition) is 0. The summed E-state index contributed by atoms with van der Waals surface area (Å²) < 4.78 is 12.5. The molecule has 0 radical (unpaired) electrons. The average Bonchev–Trinajstić information content (AvgIpc) is 3.37. The number of anilines is 1. The summed E-state index contributed by atoms with van der Waals surface area (Å²) in [7, 11) is 0. The fourth-order valence-electron chi connectivity index (χ4n) is 4.50. The molecule has 0 bridgehead atoms. The summed E-state index contributed by atoms with van der Waals surface area (Å²) in [6, 6.07) is 16.3. The summed E-state index contributed by atoms with van der Waals surface area (Å²) in [4.78, 5) is 38.2.